The molecular formula is C23H24N4OS. The molecule has 0 aliphatic carbocycles. The molecule has 29 heavy (non-hydrogen) atoms. The van der Waals surface area contributed by atoms with Crippen molar-refractivity contribution in [3.8, 4) is 11.8 Å². The summed E-state index contributed by atoms with van der Waals surface area (Å²) >= 11 is 1.41. The van der Waals surface area contributed by atoms with E-state index in [4.69, 9.17) is 5.26 Å². The van der Waals surface area contributed by atoms with E-state index in [2.05, 4.69) is 23.2 Å². The molecule has 5 nitrogen and oxygen atoms in total. The van der Waals surface area contributed by atoms with Gasteiger partial charge in [-0.3, -0.25) is 9.36 Å². The predicted octanol–water partition coefficient (Wildman–Crippen LogP) is 4.84. The standard InChI is InChI=1S/C23H24N4OS/c1-17-6-4-7-20(13-17)27-11-9-25-23(27)29-16-22(28)26(10-5-8-24)21-14-18(2)12-19(3)15-21/h4,6-7,9,11-15H,5,10,16H2,1-3H3. The summed E-state index contributed by atoms with van der Waals surface area (Å²) in [6.45, 7) is 6.45. The number of nitriles is 1. The molecule has 6 heteroatoms. The molecule has 0 saturated heterocycles. The van der Waals surface area contributed by atoms with Gasteiger partial charge in [0.25, 0.3) is 0 Å². The van der Waals surface area contributed by atoms with E-state index in [1.54, 1.807) is 11.1 Å². The first-order valence-corrected chi connectivity index (χ1v) is 10.5. The molecule has 0 aliphatic heterocycles. The number of aromatic nitrogens is 2. The third-order valence-corrected chi connectivity index (χ3v) is 5.43. The zero-order chi connectivity index (χ0) is 20.8. The molecule has 0 bridgehead atoms. The number of rotatable bonds is 7. The lowest BCUT2D eigenvalue weighted by atomic mass is 10.1. The average molecular weight is 405 g/mol. The van der Waals surface area contributed by atoms with Crippen molar-refractivity contribution >= 4 is 23.4 Å². The van der Waals surface area contributed by atoms with Gasteiger partial charge in [-0.05, 0) is 61.7 Å². The van der Waals surface area contributed by atoms with E-state index in [1.807, 2.05) is 61.9 Å². The predicted molar refractivity (Wildman–Crippen MR) is 118 cm³/mol. The van der Waals surface area contributed by atoms with Crippen molar-refractivity contribution in [1.29, 1.82) is 5.26 Å². The van der Waals surface area contributed by atoms with Crippen LogP contribution in [0.15, 0.2) is 60.0 Å². The summed E-state index contributed by atoms with van der Waals surface area (Å²) in [5, 5.41) is 9.78. The number of nitrogens with zero attached hydrogens (tertiary/aromatic N) is 4. The molecule has 0 fully saturated rings. The van der Waals surface area contributed by atoms with Crippen LogP contribution in [-0.4, -0.2) is 27.8 Å². The highest BCUT2D eigenvalue weighted by molar-refractivity contribution is 7.99. The molecule has 3 rings (SSSR count). The number of thioether (sulfide) groups is 1. The van der Waals surface area contributed by atoms with E-state index in [-0.39, 0.29) is 11.7 Å². The topological polar surface area (TPSA) is 61.9 Å². The molecule has 1 heterocycles. The fourth-order valence-corrected chi connectivity index (χ4v) is 4.09. The highest BCUT2D eigenvalue weighted by Crippen LogP contribution is 2.24. The number of hydrogen-bond donors (Lipinski definition) is 0. The van der Waals surface area contributed by atoms with Crippen molar-refractivity contribution in [1.82, 2.24) is 9.55 Å². The summed E-state index contributed by atoms with van der Waals surface area (Å²) in [5.74, 6) is 0.218. The van der Waals surface area contributed by atoms with Crippen LogP contribution < -0.4 is 4.90 Å². The first kappa shape index (κ1) is 20.7. The summed E-state index contributed by atoms with van der Waals surface area (Å²) in [7, 11) is 0. The van der Waals surface area contributed by atoms with Crippen molar-refractivity contribution in [2.24, 2.45) is 0 Å². The fourth-order valence-electron chi connectivity index (χ4n) is 3.24. The Kier molecular flexibility index (Phi) is 6.73. The minimum absolute atomic E-state index is 0.0333. The van der Waals surface area contributed by atoms with Crippen molar-refractivity contribution < 1.29 is 4.79 Å². The number of imidazole rings is 1. The maximum absolute atomic E-state index is 13.0. The van der Waals surface area contributed by atoms with E-state index in [1.165, 1.54) is 17.3 Å². The molecule has 3 aromatic rings. The van der Waals surface area contributed by atoms with Gasteiger partial charge in [-0.1, -0.05) is 30.0 Å². The Labute approximate surface area is 176 Å². The molecule has 0 saturated carbocycles. The summed E-state index contributed by atoms with van der Waals surface area (Å²) in [4.78, 5) is 19.2. The summed E-state index contributed by atoms with van der Waals surface area (Å²) in [5.41, 5.74) is 5.22. The van der Waals surface area contributed by atoms with Crippen LogP contribution in [-0.2, 0) is 4.79 Å². The van der Waals surface area contributed by atoms with Gasteiger partial charge in [-0.2, -0.15) is 5.26 Å². The monoisotopic (exact) mass is 404 g/mol. The van der Waals surface area contributed by atoms with Gasteiger partial charge in [-0.25, -0.2) is 4.98 Å². The Morgan fingerprint density at radius 2 is 1.90 bits per heavy atom. The van der Waals surface area contributed by atoms with Gasteiger partial charge >= 0.3 is 0 Å². The second-order valence-corrected chi connectivity index (χ2v) is 7.95. The third kappa shape index (κ3) is 5.27. The number of carbonyl (C=O) groups is 1. The normalized spacial score (nSPS) is 10.6. The zero-order valence-corrected chi connectivity index (χ0v) is 17.7. The number of anilines is 1. The van der Waals surface area contributed by atoms with E-state index < -0.39 is 0 Å². The molecule has 0 radical (unpaired) electrons. The van der Waals surface area contributed by atoms with Crippen LogP contribution in [0, 0.1) is 32.1 Å². The molecule has 1 amide bonds. The van der Waals surface area contributed by atoms with Crippen LogP contribution in [0.3, 0.4) is 0 Å². The van der Waals surface area contributed by atoms with Crippen LogP contribution in [0.25, 0.3) is 5.69 Å². The SMILES string of the molecule is Cc1cc(C)cc(N(CCC#N)C(=O)CSc2nccn2-c2cccc(C)c2)c1. The number of amides is 1. The summed E-state index contributed by atoms with van der Waals surface area (Å²) in [6, 6.07) is 16.4. The van der Waals surface area contributed by atoms with Gasteiger partial charge < -0.3 is 4.90 Å². The Hall–Kier alpha value is -3.04. The Morgan fingerprint density at radius 3 is 2.59 bits per heavy atom. The first-order valence-electron chi connectivity index (χ1n) is 9.47. The molecular weight excluding hydrogens is 380 g/mol. The van der Waals surface area contributed by atoms with Crippen molar-refractivity contribution in [2.45, 2.75) is 32.3 Å². The van der Waals surface area contributed by atoms with Crippen molar-refractivity contribution in [2.75, 3.05) is 17.2 Å². The van der Waals surface area contributed by atoms with Gasteiger partial charge in [0.05, 0.1) is 18.2 Å². The second kappa shape index (κ2) is 9.44. The number of benzene rings is 2. The Balaban J connectivity index is 1.78. The van der Waals surface area contributed by atoms with Crippen molar-refractivity contribution in [3.63, 3.8) is 0 Å². The average Bonchev–Trinajstić information content (AvgIpc) is 3.14. The first-order chi connectivity index (χ1) is 14.0. The minimum atomic E-state index is -0.0333. The zero-order valence-electron chi connectivity index (χ0n) is 16.9. The molecule has 0 aliphatic rings. The van der Waals surface area contributed by atoms with Crippen LogP contribution in [0.4, 0.5) is 5.69 Å². The van der Waals surface area contributed by atoms with Gasteiger partial charge in [-0.15, -0.1) is 0 Å². The molecule has 1 aromatic heterocycles. The number of carbonyl (C=O) groups excluding carboxylic acids is 1. The van der Waals surface area contributed by atoms with Crippen LogP contribution in [0.1, 0.15) is 23.1 Å². The molecule has 0 atom stereocenters. The maximum Gasteiger partial charge on any atom is 0.237 e. The van der Waals surface area contributed by atoms with Gasteiger partial charge in [0.1, 0.15) is 0 Å². The van der Waals surface area contributed by atoms with Gasteiger partial charge in [0, 0.05) is 30.3 Å². The Morgan fingerprint density at radius 1 is 1.14 bits per heavy atom. The quantitative estimate of drug-likeness (QED) is 0.529. The van der Waals surface area contributed by atoms with Crippen molar-refractivity contribution in [3.05, 3.63) is 71.5 Å². The molecule has 2 aromatic carbocycles. The molecule has 0 spiro atoms. The maximum atomic E-state index is 13.0. The number of aryl methyl sites for hydroxylation is 3. The lowest BCUT2D eigenvalue weighted by Crippen LogP contribution is -2.33. The molecule has 148 valence electrons. The van der Waals surface area contributed by atoms with E-state index in [9.17, 15) is 4.79 Å². The highest BCUT2D eigenvalue weighted by Gasteiger charge is 2.18. The smallest absolute Gasteiger partial charge is 0.237 e. The third-order valence-electron chi connectivity index (χ3n) is 4.48. The lowest BCUT2D eigenvalue weighted by Gasteiger charge is -2.22. The van der Waals surface area contributed by atoms with E-state index in [0.717, 1.165) is 27.7 Å². The summed E-state index contributed by atoms with van der Waals surface area (Å²) in [6.07, 6.45) is 3.94. The van der Waals surface area contributed by atoms with E-state index in [0.29, 0.717) is 13.0 Å². The van der Waals surface area contributed by atoms with Gasteiger partial charge in [0.15, 0.2) is 5.16 Å². The second-order valence-electron chi connectivity index (χ2n) is 7.01. The molecule has 0 unspecified atom stereocenters. The van der Waals surface area contributed by atoms with Crippen LogP contribution in [0.2, 0.25) is 0 Å². The van der Waals surface area contributed by atoms with Crippen LogP contribution >= 0.6 is 11.8 Å². The van der Waals surface area contributed by atoms with Crippen LogP contribution in [0.5, 0.6) is 0 Å². The minimum Gasteiger partial charge on any atom is -0.311 e. The van der Waals surface area contributed by atoms with E-state index >= 15 is 0 Å². The van der Waals surface area contributed by atoms with Gasteiger partial charge in [0.2, 0.25) is 5.91 Å². The fraction of sp³-hybridized carbons (Fsp3) is 0.261. The Bertz CT molecular complexity index is 1030. The molecule has 0 N–H and O–H groups in total. The highest BCUT2D eigenvalue weighted by atomic mass is 32.2. The summed E-state index contributed by atoms with van der Waals surface area (Å²) < 4.78 is 1.99. The lowest BCUT2D eigenvalue weighted by molar-refractivity contribution is -0.116. The largest absolute Gasteiger partial charge is 0.311 e. The number of hydrogen-bond acceptors (Lipinski definition) is 4.